The summed E-state index contributed by atoms with van der Waals surface area (Å²) < 4.78 is 27.6. The molecule has 0 radical (unpaired) electrons. The van der Waals surface area contributed by atoms with Crippen LogP contribution in [-0.4, -0.2) is 24.8 Å². The van der Waals surface area contributed by atoms with E-state index in [-0.39, 0.29) is 12.1 Å². The minimum absolute atomic E-state index is 0.0599. The Labute approximate surface area is 122 Å². The van der Waals surface area contributed by atoms with Crippen molar-refractivity contribution in [3.05, 3.63) is 29.3 Å². The molecule has 1 heterocycles. The van der Waals surface area contributed by atoms with Crippen LogP contribution in [0.5, 0.6) is 0 Å². The molecule has 0 amide bonds. The van der Waals surface area contributed by atoms with Gasteiger partial charge < -0.3 is 5.73 Å². The maximum atomic E-state index is 13.0. The molecule has 5 heteroatoms. The van der Waals surface area contributed by atoms with Crippen LogP contribution in [0.25, 0.3) is 0 Å². The summed E-state index contributed by atoms with van der Waals surface area (Å²) in [6, 6.07) is 5.57. The van der Waals surface area contributed by atoms with Gasteiger partial charge in [-0.3, -0.25) is 0 Å². The van der Waals surface area contributed by atoms with Gasteiger partial charge in [-0.05, 0) is 50.8 Å². The SMILES string of the molecule is Cc1ccc(CN)cc1S(=O)(=O)N1C(C)CCCC1C. The number of rotatable bonds is 3. The second-order valence-corrected chi connectivity index (χ2v) is 7.58. The van der Waals surface area contributed by atoms with Crippen LogP contribution in [-0.2, 0) is 16.6 Å². The molecule has 2 atom stereocenters. The number of sulfonamides is 1. The molecule has 112 valence electrons. The van der Waals surface area contributed by atoms with Crippen LogP contribution in [0, 0.1) is 6.92 Å². The van der Waals surface area contributed by atoms with Crippen molar-refractivity contribution in [3.8, 4) is 0 Å². The zero-order valence-electron chi connectivity index (χ0n) is 12.5. The fourth-order valence-corrected chi connectivity index (χ4v) is 5.20. The Morgan fingerprint density at radius 1 is 1.25 bits per heavy atom. The van der Waals surface area contributed by atoms with Crippen LogP contribution in [0.2, 0.25) is 0 Å². The van der Waals surface area contributed by atoms with Gasteiger partial charge in [0.2, 0.25) is 10.0 Å². The van der Waals surface area contributed by atoms with Gasteiger partial charge in [0, 0.05) is 18.6 Å². The Hall–Kier alpha value is -0.910. The first-order chi connectivity index (χ1) is 9.37. The molecule has 0 saturated carbocycles. The summed E-state index contributed by atoms with van der Waals surface area (Å²) in [5.41, 5.74) is 7.27. The standard InChI is InChI=1S/C15H24N2O2S/c1-11-7-8-14(10-16)9-15(11)20(18,19)17-12(2)5-4-6-13(17)3/h7-9,12-13H,4-6,10,16H2,1-3H3. The number of nitrogens with two attached hydrogens (primary N) is 1. The van der Waals surface area contributed by atoms with E-state index in [0.29, 0.717) is 11.4 Å². The average Bonchev–Trinajstić information content (AvgIpc) is 2.38. The second kappa shape index (κ2) is 5.84. The van der Waals surface area contributed by atoms with Crippen molar-refractivity contribution >= 4 is 10.0 Å². The highest BCUT2D eigenvalue weighted by Gasteiger charge is 2.36. The van der Waals surface area contributed by atoms with Crippen molar-refractivity contribution in [2.45, 2.75) is 63.6 Å². The van der Waals surface area contributed by atoms with E-state index in [1.165, 1.54) is 0 Å². The maximum Gasteiger partial charge on any atom is 0.243 e. The van der Waals surface area contributed by atoms with Gasteiger partial charge in [0.1, 0.15) is 0 Å². The monoisotopic (exact) mass is 296 g/mol. The highest BCUT2D eigenvalue weighted by molar-refractivity contribution is 7.89. The van der Waals surface area contributed by atoms with Crippen LogP contribution in [0.15, 0.2) is 23.1 Å². The number of benzene rings is 1. The molecule has 4 nitrogen and oxygen atoms in total. The first-order valence-electron chi connectivity index (χ1n) is 7.21. The van der Waals surface area contributed by atoms with E-state index < -0.39 is 10.0 Å². The third kappa shape index (κ3) is 2.75. The first kappa shape index (κ1) is 15.5. The van der Waals surface area contributed by atoms with Crippen molar-refractivity contribution in [2.24, 2.45) is 5.73 Å². The molecule has 0 spiro atoms. The van der Waals surface area contributed by atoms with E-state index in [4.69, 9.17) is 5.73 Å². The van der Waals surface area contributed by atoms with Gasteiger partial charge in [0.05, 0.1) is 4.90 Å². The molecular weight excluding hydrogens is 272 g/mol. The Morgan fingerprint density at radius 2 is 1.85 bits per heavy atom. The zero-order valence-corrected chi connectivity index (χ0v) is 13.3. The topological polar surface area (TPSA) is 63.4 Å². The fraction of sp³-hybridized carbons (Fsp3) is 0.600. The van der Waals surface area contributed by atoms with E-state index in [2.05, 4.69) is 0 Å². The first-order valence-corrected chi connectivity index (χ1v) is 8.65. The predicted octanol–water partition coefficient (Wildman–Crippen LogP) is 2.41. The minimum atomic E-state index is -3.45. The molecule has 2 rings (SSSR count). The molecule has 1 saturated heterocycles. The normalized spacial score (nSPS) is 24.8. The highest BCUT2D eigenvalue weighted by atomic mass is 32.2. The van der Waals surface area contributed by atoms with Crippen LogP contribution in [0.4, 0.5) is 0 Å². The quantitative estimate of drug-likeness (QED) is 0.931. The van der Waals surface area contributed by atoms with Crippen molar-refractivity contribution in [2.75, 3.05) is 0 Å². The number of nitrogens with zero attached hydrogens (tertiary/aromatic N) is 1. The molecule has 0 aliphatic carbocycles. The number of hydrogen-bond donors (Lipinski definition) is 1. The summed E-state index contributed by atoms with van der Waals surface area (Å²) in [7, 11) is -3.45. The lowest BCUT2D eigenvalue weighted by Gasteiger charge is -2.38. The van der Waals surface area contributed by atoms with Crippen LogP contribution in [0.1, 0.15) is 44.2 Å². The Bertz CT molecular complexity index is 574. The van der Waals surface area contributed by atoms with Gasteiger partial charge in [-0.2, -0.15) is 4.31 Å². The second-order valence-electron chi connectivity index (χ2n) is 5.77. The van der Waals surface area contributed by atoms with E-state index in [1.807, 2.05) is 32.9 Å². The Morgan fingerprint density at radius 3 is 2.40 bits per heavy atom. The Kier molecular flexibility index (Phi) is 4.52. The van der Waals surface area contributed by atoms with Gasteiger partial charge in [0.25, 0.3) is 0 Å². The lowest BCUT2D eigenvalue weighted by atomic mass is 10.0. The van der Waals surface area contributed by atoms with Crippen LogP contribution < -0.4 is 5.73 Å². The lowest BCUT2D eigenvalue weighted by Crippen LogP contribution is -2.47. The molecule has 2 N–H and O–H groups in total. The van der Waals surface area contributed by atoms with Crippen molar-refractivity contribution < 1.29 is 8.42 Å². The van der Waals surface area contributed by atoms with Crippen LogP contribution in [0.3, 0.4) is 0 Å². The van der Waals surface area contributed by atoms with Gasteiger partial charge in [0.15, 0.2) is 0 Å². The summed E-state index contributed by atoms with van der Waals surface area (Å²) in [6.45, 7) is 6.19. The number of piperidine rings is 1. The van der Waals surface area contributed by atoms with Gasteiger partial charge >= 0.3 is 0 Å². The summed E-state index contributed by atoms with van der Waals surface area (Å²) in [5, 5.41) is 0. The summed E-state index contributed by atoms with van der Waals surface area (Å²) in [4.78, 5) is 0.404. The summed E-state index contributed by atoms with van der Waals surface area (Å²) in [5.74, 6) is 0. The van der Waals surface area contributed by atoms with Crippen LogP contribution >= 0.6 is 0 Å². The van der Waals surface area contributed by atoms with Crippen molar-refractivity contribution in [1.29, 1.82) is 0 Å². The molecule has 1 aromatic carbocycles. The maximum absolute atomic E-state index is 13.0. The third-order valence-corrected chi connectivity index (χ3v) is 6.43. The van der Waals surface area contributed by atoms with Gasteiger partial charge in [-0.1, -0.05) is 18.6 Å². The van der Waals surface area contributed by atoms with Gasteiger partial charge in [-0.15, -0.1) is 0 Å². The molecule has 1 fully saturated rings. The van der Waals surface area contributed by atoms with E-state index in [1.54, 1.807) is 10.4 Å². The lowest BCUT2D eigenvalue weighted by molar-refractivity contribution is 0.204. The molecular formula is C15H24N2O2S. The van der Waals surface area contributed by atoms with Crippen molar-refractivity contribution in [1.82, 2.24) is 4.31 Å². The molecule has 2 unspecified atom stereocenters. The smallest absolute Gasteiger partial charge is 0.243 e. The molecule has 1 aliphatic rings. The molecule has 0 bridgehead atoms. The van der Waals surface area contributed by atoms with E-state index >= 15 is 0 Å². The van der Waals surface area contributed by atoms with Crippen molar-refractivity contribution in [3.63, 3.8) is 0 Å². The average molecular weight is 296 g/mol. The number of aryl methyl sites for hydroxylation is 1. The fourth-order valence-electron chi connectivity index (χ4n) is 3.03. The third-order valence-electron chi connectivity index (χ3n) is 4.16. The Balaban J connectivity index is 2.49. The highest BCUT2D eigenvalue weighted by Crippen LogP contribution is 2.31. The molecule has 1 aliphatic heterocycles. The minimum Gasteiger partial charge on any atom is -0.326 e. The molecule has 1 aromatic rings. The summed E-state index contributed by atoms with van der Waals surface area (Å²) >= 11 is 0. The number of hydrogen-bond acceptors (Lipinski definition) is 3. The predicted molar refractivity (Wildman–Crippen MR) is 80.9 cm³/mol. The molecule has 0 aromatic heterocycles. The van der Waals surface area contributed by atoms with E-state index in [0.717, 1.165) is 30.4 Å². The molecule has 20 heavy (non-hydrogen) atoms. The summed E-state index contributed by atoms with van der Waals surface area (Å²) in [6.07, 6.45) is 2.95. The largest absolute Gasteiger partial charge is 0.326 e. The zero-order chi connectivity index (χ0) is 14.9. The van der Waals surface area contributed by atoms with E-state index in [9.17, 15) is 8.42 Å². The van der Waals surface area contributed by atoms with Gasteiger partial charge in [-0.25, -0.2) is 8.42 Å².